The van der Waals surface area contributed by atoms with Crippen molar-refractivity contribution in [1.29, 1.82) is 0 Å². The first-order chi connectivity index (χ1) is 18.0. The minimum absolute atomic E-state index is 0.0213. The first-order valence-electron chi connectivity index (χ1n) is 12.0. The molecule has 5 heterocycles. The molecule has 2 saturated heterocycles. The fourth-order valence-electron chi connectivity index (χ4n) is 5.34. The lowest BCUT2D eigenvalue weighted by Crippen LogP contribution is -2.50. The second-order valence-electron chi connectivity index (χ2n) is 9.27. The van der Waals surface area contributed by atoms with Gasteiger partial charge in [0.15, 0.2) is 5.78 Å². The van der Waals surface area contributed by atoms with E-state index in [1.807, 2.05) is 34.7 Å². The third-order valence-corrected chi connectivity index (χ3v) is 7.05. The zero-order valence-electron chi connectivity index (χ0n) is 20.2. The number of likely N-dealkylation sites (tertiary alicyclic amines) is 1. The van der Waals surface area contributed by atoms with Crippen LogP contribution in [0.25, 0.3) is 16.8 Å². The number of hydrogen-bond acceptors (Lipinski definition) is 7. The number of ketones is 1. The summed E-state index contributed by atoms with van der Waals surface area (Å²) in [5, 5.41) is 0. The quantitative estimate of drug-likeness (QED) is 0.336. The molecule has 9 heteroatoms. The molecule has 1 aromatic carbocycles. The minimum atomic E-state index is -0.751. The smallest absolute Gasteiger partial charge is 0.299 e. The van der Waals surface area contributed by atoms with Gasteiger partial charge in [0.2, 0.25) is 0 Å². The molecule has 0 radical (unpaired) electrons. The van der Waals surface area contributed by atoms with E-state index in [4.69, 9.17) is 15.5 Å². The fourth-order valence-corrected chi connectivity index (χ4v) is 5.34. The van der Waals surface area contributed by atoms with Crippen LogP contribution in [0.15, 0.2) is 61.1 Å². The number of carbonyl (C=O) groups excluding carboxylic acids is 2. The Morgan fingerprint density at radius 3 is 2.73 bits per heavy atom. The number of nitrogens with zero attached hydrogens (tertiary/aromatic N) is 5. The Balaban J connectivity index is 1.41. The highest BCUT2D eigenvalue weighted by atomic mass is 16.5. The highest BCUT2D eigenvalue weighted by Gasteiger charge is 2.57. The van der Waals surface area contributed by atoms with E-state index >= 15 is 0 Å². The molecular formula is C28H24N6O3. The summed E-state index contributed by atoms with van der Waals surface area (Å²) in [4.78, 5) is 41.0. The van der Waals surface area contributed by atoms with Crippen molar-refractivity contribution in [1.82, 2.24) is 24.3 Å². The van der Waals surface area contributed by atoms with Crippen LogP contribution in [0, 0.1) is 11.8 Å². The number of ether oxygens (including phenoxy) is 1. The molecule has 2 N–H and O–H groups in total. The van der Waals surface area contributed by atoms with Gasteiger partial charge in [0.1, 0.15) is 28.4 Å². The van der Waals surface area contributed by atoms with E-state index in [9.17, 15) is 9.59 Å². The van der Waals surface area contributed by atoms with Gasteiger partial charge < -0.3 is 15.4 Å². The normalized spacial score (nSPS) is 20.1. The number of rotatable bonds is 5. The number of amides is 1. The van der Waals surface area contributed by atoms with Gasteiger partial charge in [-0.3, -0.25) is 19.0 Å². The van der Waals surface area contributed by atoms with Crippen molar-refractivity contribution in [3.63, 3.8) is 0 Å². The number of anilines is 1. The Hall–Kier alpha value is -4.55. The second kappa shape index (κ2) is 8.84. The van der Waals surface area contributed by atoms with E-state index < -0.39 is 5.54 Å². The van der Waals surface area contributed by atoms with E-state index in [1.165, 1.54) is 0 Å². The molecule has 4 aromatic rings. The molecule has 2 atom stereocenters. The summed E-state index contributed by atoms with van der Waals surface area (Å²) >= 11 is 0. The van der Waals surface area contributed by atoms with E-state index in [1.54, 1.807) is 42.5 Å². The number of nitrogen functional groups attached to an aromatic ring is 1. The summed E-state index contributed by atoms with van der Waals surface area (Å²) in [5.74, 6) is 6.09. The number of imidazole rings is 1. The number of Topliss-reactive ketones (excluding diaryl/α,β-unsaturated/α-hetero) is 1. The molecule has 2 aliphatic heterocycles. The zero-order chi connectivity index (χ0) is 25.6. The Labute approximate surface area is 213 Å². The van der Waals surface area contributed by atoms with Gasteiger partial charge in [-0.2, -0.15) is 0 Å². The number of aromatic nitrogens is 4. The molecule has 9 nitrogen and oxygen atoms in total. The summed E-state index contributed by atoms with van der Waals surface area (Å²) < 4.78 is 7.87. The predicted octanol–water partition coefficient (Wildman–Crippen LogP) is 2.65. The molecule has 2 aliphatic rings. The molecule has 2 unspecified atom stereocenters. The van der Waals surface area contributed by atoms with Gasteiger partial charge in [0.05, 0.1) is 19.1 Å². The van der Waals surface area contributed by atoms with Gasteiger partial charge in [-0.25, -0.2) is 9.97 Å². The van der Waals surface area contributed by atoms with Crippen molar-refractivity contribution < 1.29 is 14.3 Å². The Morgan fingerprint density at radius 2 is 2.00 bits per heavy atom. The number of pyridine rings is 1. The number of carbonyl (C=O) groups is 2. The maximum absolute atomic E-state index is 12.9. The van der Waals surface area contributed by atoms with Crippen LogP contribution in [0.5, 0.6) is 0 Å². The van der Waals surface area contributed by atoms with Crippen LogP contribution in [0.1, 0.15) is 35.2 Å². The maximum Gasteiger partial charge on any atom is 0.299 e. The monoisotopic (exact) mass is 492 g/mol. The topological polar surface area (TPSA) is 116 Å². The molecule has 6 rings (SSSR count). The van der Waals surface area contributed by atoms with Crippen molar-refractivity contribution in [2.75, 3.05) is 18.9 Å². The first kappa shape index (κ1) is 22.9. The fraction of sp³-hybridized carbons (Fsp3) is 0.250. The van der Waals surface area contributed by atoms with Crippen LogP contribution >= 0.6 is 0 Å². The number of nitrogens with two attached hydrogens (primary N) is 1. The zero-order valence-corrected chi connectivity index (χ0v) is 20.2. The van der Waals surface area contributed by atoms with Crippen molar-refractivity contribution in [2.45, 2.75) is 31.4 Å². The van der Waals surface area contributed by atoms with Gasteiger partial charge in [-0.15, -0.1) is 0 Å². The molecule has 3 aromatic heterocycles. The molecule has 184 valence electrons. The molecule has 0 spiro atoms. The Kier molecular flexibility index (Phi) is 5.46. The van der Waals surface area contributed by atoms with Crippen molar-refractivity contribution in [3.8, 4) is 23.1 Å². The standard InChI is InChI=1S/C28H24N6O3/c1-2-5-23(36)34-16-21-15-28(34,17-37-21)27-32-24(25-26(29)31-12-13-33(25)27)19-9-7-18(8-10-19)22(35)14-20-6-3-4-11-30-20/h3-4,6-13,21H,14-17H2,1H3,(H2,29,31). The molecule has 1 amide bonds. The van der Waals surface area contributed by atoms with E-state index in [2.05, 4.69) is 21.8 Å². The summed E-state index contributed by atoms with van der Waals surface area (Å²) in [6.07, 6.45) is 5.89. The molecule has 2 bridgehead atoms. The van der Waals surface area contributed by atoms with Crippen LogP contribution < -0.4 is 5.73 Å². The Morgan fingerprint density at radius 1 is 1.16 bits per heavy atom. The van der Waals surface area contributed by atoms with Crippen LogP contribution in [0.3, 0.4) is 0 Å². The van der Waals surface area contributed by atoms with Crippen molar-refractivity contribution in [2.24, 2.45) is 0 Å². The number of hydrogen-bond donors (Lipinski definition) is 1. The molecule has 2 fully saturated rings. The van der Waals surface area contributed by atoms with Gasteiger partial charge >= 0.3 is 0 Å². The third kappa shape index (κ3) is 3.74. The van der Waals surface area contributed by atoms with Crippen LogP contribution in [0.4, 0.5) is 5.82 Å². The van der Waals surface area contributed by atoms with Gasteiger partial charge in [-0.05, 0) is 25.0 Å². The van der Waals surface area contributed by atoms with Gasteiger partial charge in [-0.1, -0.05) is 36.3 Å². The van der Waals surface area contributed by atoms with Gasteiger partial charge in [0, 0.05) is 48.4 Å². The van der Waals surface area contributed by atoms with Crippen LogP contribution in [-0.2, 0) is 21.5 Å². The third-order valence-electron chi connectivity index (χ3n) is 7.05. The number of morpholine rings is 1. The lowest BCUT2D eigenvalue weighted by atomic mass is 9.97. The lowest BCUT2D eigenvalue weighted by molar-refractivity contribution is -0.135. The molecule has 0 saturated carbocycles. The van der Waals surface area contributed by atoms with Crippen LogP contribution in [0.2, 0.25) is 0 Å². The predicted molar refractivity (Wildman–Crippen MR) is 136 cm³/mol. The largest absolute Gasteiger partial charge is 0.382 e. The average Bonchev–Trinajstić information content (AvgIpc) is 3.62. The van der Waals surface area contributed by atoms with Crippen molar-refractivity contribution >= 4 is 23.0 Å². The highest BCUT2D eigenvalue weighted by molar-refractivity contribution is 5.98. The van der Waals surface area contributed by atoms with Crippen molar-refractivity contribution in [3.05, 3.63) is 78.1 Å². The van der Waals surface area contributed by atoms with E-state index in [-0.39, 0.29) is 24.2 Å². The number of fused-ring (bicyclic) bond motifs is 3. The van der Waals surface area contributed by atoms with Crippen LogP contribution in [-0.4, -0.2) is 55.2 Å². The molecular weight excluding hydrogens is 468 g/mol. The molecule has 37 heavy (non-hydrogen) atoms. The van der Waals surface area contributed by atoms with Gasteiger partial charge in [0.25, 0.3) is 5.91 Å². The Bertz CT molecular complexity index is 1590. The SMILES string of the molecule is CC#CC(=O)N1CC2CC1(c1nc(-c3ccc(C(=O)Cc4ccccn4)cc3)c3c(N)nccn13)CO2. The average molecular weight is 493 g/mol. The number of benzene rings is 1. The lowest BCUT2D eigenvalue weighted by Gasteiger charge is -2.35. The second-order valence-corrected chi connectivity index (χ2v) is 9.27. The summed E-state index contributed by atoms with van der Waals surface area (Å²) in [7, 11) is 0. The summed E-state index contributed by atoms with van der Waals surface area (Å²) in [6, 6.07) is 12.8. The maximum atomic E-state index is 12.9. The van der Waals surface area contributed by atoms with E-state index in [0.29, 0.717) is 48.0 Å². The minimum Gasteiger partial charge on any atom is -0.382 e. The highest BCUT2D eigenvalue weighted by Crippen LogP contribution is 2.46. The first-order valence-corrected chi connectivity index (χ1v) is 12.0. The molecule has 0 aliphatic carbocycles. The summed E-state index contributed by atoms with van der Waals surface area (Å²) in [6.45, 7) is 2.44. The summed E-state index contributed by atoms with van der Waals surface area (Å²) in [5.41, 5.74) is 8.95. The van der Waals surface area contributed by atoms with E-state index in [0.717, 1.165) is 11.3 Å².